The first kappa shape index (κ1) is 9.52. The van der Waals surface area contributed by atoms with Crippen molar-refractivity contribution in [2.24, 2.45) is 5.73 Å². The Morgan fingerprint density at radius 3 is 2.92 bits per heavy atom. The fourth-order valence-electron chi connectivity index (χ4n) is 1.77. The maximum absolute atomic E-state index is 10.7. The van der Waals surface area contributed by atoms with E-state index in [-0.39, 0.29) is 5.91 Å². The van der Waals surface area contributed by atoms with Gasteiger partial charge in [0.1, 0.15) is 0 Å². The zero-order chi connectivity index (χ0) is 8.97. The summed E-state index contributed by atoms with van der Waals surface area (Å²) in [5.74, 6) is -0.205. The highest BCUT2D eigenvalue weighted by molar-refractivity contribution is 5.75. The molecule has 0 aromatic rings. The van der Waals surface area contributed by atoms with Crippen molar-refractivity contribution in [3.8, 4) is 0 Å². The summed E-state index contributed by atoms with van der Waals surface area (Å²) in [6, 6.07) is 0.528. The molecule has 1 amide bonds. The van der Waals surface area contributed by atoms with Crippen LogP contribution in [0.1, 0.15) is 32.6 Å². The minimum absolute atomic E-state index is 0.205. The van der Waals surface area contributed by atoms with Gasteiger partial charge in [-0.25, -0.2) is 0 Å². The minimum Gasteiger partial charge on any atom is -0.369 e. The van der Waals surface area contributed by atoms with Gasteiger partial charge in [0.05, 0.1) is 6.54 Å². The molecule has 0 aromatic carbocycles. The van der Waals surface area contributed by atoms with Gasteiger partial charge in [-0.1, -0.05) is 12.8 Å². The second-order valence-corrected chi connectivity index (χ2v) is 3.64. The molecule has 3 nitrogen and oxygen atoms in total. The van der Waals surface area contributed by atoms with Crippen LogP contribution in [0.3, 0.4) is 0 Å². The highest BCUT2D eigenvalue weighted by Crippen LogP contribution is 2.15. The number of carbonyl (C=O) groups excluding carboxylic acids is 1. The summed E-state index contributed by atoms with van der Waals surface area (Å²) >= 11 is 0. The second kappa shape index (κ2) is 4.45. The molecule has 0 aliphatic carbocycles. The van der Waals surface area contributed by atoms with Gasteiger partial charge in [0, 0.05) is 6.04 Å². The van der Waals surface area contributed by atoms with Crippen molar-refractivity contribution in [3.63, 3.8) is 0 Å². The van der Waals surface area contributed by atoms with Crippen molar-refractivity contribution in [2.75, 3.05) is 13.1 Å². The quantitative estimate of drug-likeness (QED) is 0.664. The molecule has 0 spiro atoms. The van der Waals surface area contributed by atoms with Crippen LogP contribution in [0.4, 0.5) is 0 Å². The van der Waals surface area contributed by atoms with Crippen molar-refractivity contribution in [3.05, 3.63) is 0 Å². The molecule has 1 rings (SSSR count). The normalized spacial score (nSPS) is 26.6. The van der Waals surface area contributed by atoms with Gasteiger partial charge in [-0.3, -0.25) is 9.69 Å². The number of rotatable bonds is 2. The van der Waals surface area contributed by atoms with Crippen LogP contribution in [0, 0.1) is 0 Å². The molecule has 3 heteroatoms. The summed E-state index contributed by atoms with van der Waals surface area (Å²) in [5.41, 5.74) is 5.16. The predicted octanol–water partition coefficient (Wildman–Crippen LogP) is 0.736. The number of amides is 1. The first-order valence-corrected chi connectivity index (χ1v) is 4.72. The molecule has 1 saturated heterocycles. The lowest BCUT2D eigenvalue weighted by atomic mass is 10.1. The highest BCUT2D eigenvalue weighted by Gasteiger charge is 2.17. The van der Waals surface area contributed by atoms with Crippen LogP contribution >= 0.6 is 0 Å². The zero-order valence-electron chi connectivity index (χ0n) is 7.75. The van der Waals surface area contributed by atoms with Crippen molar-refractivity contribution in [2.45, 2.75) is 38.6 Å². The summed E-state index contributed by atoms with van der Waals surface area (Å²) in [5, 5.41) is 0. The number of carbonyl (C=O) groups is 1. The van der Waals surface area contributed by atoms with E-state index < -0.39 is 0 Å². The van der Waals surface area contributed by atoms with Crippen LogP contribution in [0.25, 0.3) is 0 Å². The standard InChI is InChI=1S/C9H18N2O/c1-8-5-3-2-4-6-11(8)7-9(10)12/h8H,2-7H2,1H3,(H2,10,12). The molecule has 1 aliphatic rings. The van der Waals surface area contributed by atoms with Gasteiger partial charge in [0.2, 0.25) is 5.91 Å². The maximum atomic E-state index is 10.7. The van der Waals surface area contributed by atoms with Gasteiger partial charge in [-0.05, 0) is 26.3 Å². The van der Waals surface area contributed by atoms with Crippen molar-refractivity contribution in [1.82, 2.24) is 4.90 Å². The Hall–Kier alpha value is -0.570. The molecule has 1 unspecified atom stereocenters. The molecule has 70 valence electrons. The lowest BCUT2D eigenvalue weighted by molar-refractivity contribution is -0.119. The number of hydrogen-bond donors (Lipinski definition) is 1. The third-order valence-corrected chi connectivity index (χ3v) is 2.55. The Labute approximate surface area is 73.9 Å². The van der Waals surface area contributed by atoms with Crippen molar-refractivity contribution < 1.29 is 4.79 Å². The lowest BCUT2D eigenvalue weighted by Crippen LogP contribution is -2.39. The lowest BCUT2D eigenvalue weighted by Gasteiger charge is -2.24. The van der Waals surface area contributed by atoms with Gasteiger partial charge in [0.25, 0.3) is 0 Å². The molecule has 1 fully saturated rings. The summed E-state index contributed by atoms with van der Waals surface area (Å²) in [4.78, 5) is 12.9. The Balaban J connectivity index is 2.41. The number of hydrogen-bond acceptors (Lipinski definition) is 2. The number of nitrogens with zero attached hydrogens (tertiary/aromatic N) is 1. The van der Waals surface area contributed by atoms with Crippen LogP contribution < -0.4 is 5.73 Å². The van der Waals surface area contributed by atoms with Crippen molar-refractivity contribution >= 4 is 5.91 Å². The van der Waals surface area contributed by atoms with Gasteiger partial charge in [0.15, 0.2) is 0 Å². The first-order valence-electron chi connectivity index (χ1n) is 4.72. The van der Waals surface area contributed by atoms with Crippen LogP contribution in [0.5, 0.6) is 0 Å². The van der Waals surface area contributed by atoms with Gasteiger partial charge < -0.3 is 5.73 Å². The second-order valence-electron chi connectivity index (χ2n) is 3.64. The largest absolute Gasteiger partial charge is 0.369 e. The van der Waals surface area contributed by atoms with Crippen LogP contribution in [-0.2, 0) is 4.79 Å². The fraction of sp³-hybridized carbons (Fsp3) is 0.889. The minimum atomic E-state index is -0.205. The van der Waals surface area contributed by atoms with E-state index in [0.717, 1.165) is 6.54 Å². The zero-order valence-corrected chi connectivity index (χ0v) is 7.75. The fourth-order valence-corrected chi connectivity index (χ4v) is 1.77. The summed E-state index contributed by atoms with van der Waals surface area (Å²) in [6.45, 7) is 3.64. The first-order chi connectivity index (χ1) is 5.70. The monoisotopic (exact) mass is 170 g/mol. The predicted molar refractivity (Wildman–Crippen MR) is 48.7 cm³/mol. The maximum Gasteiger partial charge on any atom is 0.231 e. The molecular formula is C9H18N2O. The number of primary amides is 1. The highest BCUT2D eigenvalue weighted by atomic mass is 16.1. The number of nitrogens with two attached hydrogens (primary N) is 1. The van der Waals surface area contributed by atoms with E-state index in [1.165, 1.54) is 25.7 Å². The van der Waals surface area contributed by atoms with E-state index in [1.807, 2.05) is 0 Å². The molecule has 1 aliphatic heterocycles. The SMILES string of the molecule is CC1CCCCCN1CC(N)=O. The smallest absolute Gasteiger partial charge is 0.231 e. The molecule has 1 heterocycles. The van der Waals surface area contributed by atoms with E-state index in [4.69, 9.17) is 5.73 Å². The Bertz CT molecular complexity index is 159. The average Bonchev–Trinajstić information content (AvgIpc) is 2.16. The Kier molecular flexibility index (Phi) is 3.53. The van der Waals surface area contributed by atoms with Crippen LogP contribution in [0.2, 0.25) is 0 Å². The molecule has 12 heavy (non-hydrogen) atoms. The summed E-state index contributed by atoms with van der Waals surface area (Å²) in [6.07, 6.45) is 4.99. The molecule has 2 N–H and O–H groups in total. The average molecular weight is 170 g/mol. The topological polar surface area (TPSA) is 46.3 Å². The van der Waals surface area contributed by atoms with E-state index in [1.54, 1.807) is 0 Å². The molecular weight excluding hydrogens is 152 g/mol. The van der Waals surface area contributed by atoms with Crippen LogP contribution in [-0.4, -0.2) is 29.9 Å². The molecule has 1 atom stereocenters. The van der Waals surface area contributed by atoms with E-state index in [9.17, 15) is 4.79 Å². The number of likely N-dealkylation sites (tertiary alicyclic amines) is 1. The third-order valence-electron chi connectivity index (χ3n) is 2.55. The van der Waals surface area contributed by atoms with Crippen molar-refractivity contribution in [1.29, 1.82) is 0 Å². The van der Waals surface area contributed by atoms with Gasteiger partial charge in [-0.2, -0.15) is 0 Å². The van der Waals surface area contributed by atoms with Gasteiger partial charge in [-0.15, -0.1) is 0 Å². The van der Waals surface area contributed by atoms with Gasteiger partial charge >= 0.3 is 0 Å². The molecule has 0 aromatic heterocycles. The molecule has 0 bridgehead atoms. The van der Waals surface area contributed by atoms with Crippen LogP contribution in [0.15, 0.2) is 0 Å². The Morgan fingerprint density at radius 2 is 2.25 bits per heavy atom. The molecule has 0 radical (unpaired) electrons. The van der Waals surface area contributed by atoms with E-state index >= 15 is 0 Å². The third kappa shape index (κ3) is 2.81. The van der Waals surface area contributed by atoms with E-state index in [2.05, 4.69) is 11.8 Å². The summed E-state index contributed by atoms with van der Waals surface area (Å²) < 4.78 is 0. The Morgan fingerprint density at radius 1 is 1.50 bits per heavy atom. The molecule has 0 saturated carbocycles. The summed E-state index contributed by atoms with van der Waals surface area (Å²) in [7, 11) is 0. The van der Waals surface area contributed by atoms with E-state index in [0.29, 0.717) is 12.6 Å².